The fourth-order valence-electron chi connectivity index (χ4n) is 3.35. The largest absolute Gasteiger partial charge is 0.497 e. The highest BCUT2D eigenvalue weighted by atomic mass is 16.5. The van der Waals surface area contributed by atoms with Crippen LogP contribution in [0.4, 0.5) is 0 Å². The lowest BCUT2D eigenvalue weighted by molar-refractivity contribution is -0.129. The summed E-state index contributed by atoms with van der Waals surface area (Å²) in [6.45, 7) is 2.97. The molecule has 7 nitrogen and oxygen atoms in total. The maximum atomic E-state index is 12.7. The number of methoxy groups -OCH3 is 1. The van der Waals surface area contributed by atoms with Crippen LogP contribution in [0.25, 0.3) is 11.1 Å². The second-order valence-electron chi connectivity index (χ2n) is 6.87. The second-order valence-corrected chi connectivity index (χ2v) is 6.87. The van der Waals surface area contributed by atoms with Gasteiger partial charge in [-0.1, -0.05) is 12.1 Å². The van der Waals surface area contributed by atoms with Gasteiger partial charge >= 0.3 is 0 Å². The molecule has 0 spiro atoms. The van der Waals surface area contributed by atoms with Gasteiger partial charge in [-0.15, -0.1) is 0 Å². The highest BCUT2D eigenvalue weighted by molar-refractivity contribution is 5.98. The number of nitrogens with one attached hydrogen (secondary N) is 1. The zero-order chi connectivity index (χ0) is 19.7. The molecule has 3 aromatic rings. The van der Waals surface area contributed by atoms with E-state index < -0.39 is 11.9 Å². The topological polar surface area (TPSA) is 84.7 Å². The van der Waals surface area contributed by atoms with Crippen molar-refractivity contribution >= 4 is 22.9 Å². The first-order valence-corrected chi connectivity index (χ1v) is 9.13. The molecular weight excluding hydrogens is 358 g/mol. The third-order valence-corrected chi connectivity index (χ3v) is 4.87. The molecule has 1 atom stereocenters. The van der Waals surface area contributed by atoms with Crippen LogP contribution in [0, 0.1) is 6.92 Å². The molecule has 0 saturated carbocycles. The van der Waals surface area contributed by atoms with E-state index in [4.69, 9.17) is 9.15 Å². The number of fused-ring (bicyclic) bond motifs is 1. The third kappa shape index (κ3) is 3.55. The van der Waals surface area contributed by atoms with Crippen molar-refractivity contribution in [1.29, 1.82) is 0 Å². The molecule has 2 amide bonds. The van der Waals surface area contributed by atoms with E-state index in [0.29, 0.717) is 30.6 Å². The lowest BCUT2D eigenvalue weighted by Gasteiger charge is -2.17. The maximum Gasteiger partial charge on any atom is 0.287 e. The summed E-state index contributed by atoms with van der Waals surface area (Å²) in [5, 5.41) is 2.78. The van der Waals surface area contributed by atoms with Gasteiger partial charge in [0, 0.05) is 24.8 Å². The Labute approximate surface area is 162 Å². The average molecular weight is 379 g/mol. The Morgan fingerprint density at radius 2 is 2.07 bits per heavy atom. The van der Waals surface area contributed by atoms with E-state index in [0.717, 1.165) is 17.0 Å². The lowest BCUT2D eigenvalue weighted by atomic mass is 10.2. The summed E-state index contributed by atoms with van der Waals surface area (Å²) in [6.07, 6.45) is 0.568. The summed E-state index contributed by atoms with van der Waals surface area (Å²) in [4.78, 5) is 31.3. The first kappa shape index (κ1) is 18.0. The van der Waals surface area contributed by atoms with Crippen LogP contribution >= 0.6 is 0 Å². The molecular formula is C21H21N3O4. The normalized spacial score (nSPS) is 16.6. The van der Waals surface area contributed by atoms with Crippen LogP contribution < -0.4 is 10.1 Å². The van der Waals surface area contributed by atoms with E-state index in [-0.39, 0.29) is 11.7 Å². The number of aromatic nitrogens is 1. The molecule has 0 aliphatic carbocycles. The SMILES string of the molecule is COc1ccc(CN2CCC(NC(=O)c3cc4nc(C)ccc4o3)C2=O)cc1. The minimum Gasteiger partial charge on any atom is -0.497 e. The fraction of sp³-hybridized carbons (Fsp3) is 0.286. The molecule has 1 saturated heterocycles. The van der Waals surface area contributed by atoms with E-state index >= 15 is 0 Å². The first-order chi connectivity index (χ1) is 13.5. The molecule has 7 heteroatoms. The lowest BCUT2D eigenvalue weighted by Crippen LogP contribution is -2.41. The molecule has 1 N–H and O–H groups in total. The summed E-state index contributed by atoms with van der Waals surface area (Å²) in [6, 6.07) is 12.3. The molecule has 1 aromatic carbocycles. The number of carbonyl (C=O) groups excluding carboxylic acids is 2. The van der Waals surface area contributed by atoms with Gasteiger partial charge in [-0.05, 0) is 43.2 Å². The number of rotatable bonds is 5. The highest BCUT2D eigenvalue weighted by Gasteiger charge is 2.33. The van der Waals surface area contributed by atoms with Gasteiger partial charge in [0.05, 0.1) is 7.11 Å². The van der Waals surface area contributed by atoms with Gasteiger partial charge in [0.1, 0.15) is 17.3 Å². The van der Waals surface area contributed by atoms with Gasteiger partial charge in [0.15, 0.2) is 11.3 Å². The number of nitrogens with zero attached hydrogens (tertiary/aromatic N) is 2. The summed E-state index contributed by atoms with van der Waals surface area (Å²) < 4.78 is 10.7. The van der Waals surface area contributed by atoms with E-state index in [2.05, 4.69) is 10.3 Å². The van der Waals surface area contributed by atoms with E-state index in [9.17, 15) is 9.59 Å². The number of carbonyl (C=O) groups is 2. The highest BCUT2D eigenvalue weighted by Crippen LogP contribution is 2.20. The van der Waals surface area contributed by atoms with Gasteiger partial charge in [0.2, 0.25) is 5.91 Å². The van der Waals surface area contributed by atoms with Crippen LogP contribution in [0.3, 0.4) is 0 Å². The zero-order valence-corrected chi connectivity index (χ0v) is 15.8. The average Bonchev–Trinajstić information content (AvgIpc) is 3.27. The number of likely N-dealkylation sites (tertiary alicyclic amines) is 1. The van der Waals surface area contributed by atoms with Crippen LogP contribution in [0.15, 0.2) is 46.9 Å². The maximum absolute atomic E-state index is 12.7. The Balaban J connectivity index is 1.40. The van der Waals surface area contributed by atoms with E-state index in [1.807, 2.05) is 37.3 Å². The monoisotopic (exact) mass is 379 g/mol. The Bertz CT molecular complexity index is 1030. The van der Waals surface area contributed by atoms with E-state index in [1.54, 1.807) is 24.1 Å². The standard InChI is InChI=1S/C21H21N3O4/c1-13-3-8-18-17(22-13)11-19(28-18)20(25)23-16-9-10-24(21(16)26)12-14-4-6-15(27-2)7-5-14/h3-8,11,16H,9-10,12H2,1-2H3,(H,23,25). The number of furan rings is 1. The molecule has 1 unspecified atom stereocenters. The van der Waals surface area contributed by atoms with Gasteiger partial charge in [-0.25, -0.2) is 4.98 Å². The number of hydrogen-bond donors (Lipinski definition) is 1. The molecule has 1 aliphatic rings. The summed E-state index contributed by atoms with van der Waals surface area (Å²) >= 11 is 0. The zero-order valence-electron chi connectivity index (χ0n) is 15.8. The molecule has 3 heterocycles. The number of benzene rings is 1. The summed E-state index contributed by atoms with van der Waals surface area (Å²) in [7, 11) is 1.62. The minimum atomic E-state index is -0.548. The van der Waals surface area contributed by atoms with Crippen LogP contribution in [-0.2, 0) is 11.3 Å². The van der Waals surface area contributed by atoms with Crippen LogP contribution in [0.2, 0.25) is 0 Å². The predicted molar refractivity (Wildman–Crippen MR) is 103 cm³/mol. The van der Waals surface area contributed by atoms with Gasteiger partial charge in [-0.3, -0.25) is 9.59 Å². The van der Waals surface area contributed by atoms with Crippen LogP contribution in [-0.4, -0.2) is 41.4 Å². The molecule has 144 valence electrons. The minimum absolute atomic E-state index is 0.0887. The van der Waals surface area contributed by atoms with Crippen molar-refractivity contribution in [2.75, 3.05) is 13.7 Å². The summed E-state index contributed by atoms with van der Waals surface area (Å²) in [5.41, 5.74) is 3.04. The van der Waals surface area contributed by atoms with Crippen molar-refractivity contribution in [3.8, 4) is 5.75 Å². The first-order valence-electron chi connectivity index (χ1n) is 9.13. The molecule has 1 fully saturated rings. The number of amides is 2. The molecule has 2 aromatic heterocycles. The number of hydrogen-bond acceptors (Lipinski definition) is 5. The Morgan fingerprint density at radius 3 is 2.82 bits per heavy atom. The second kappa shape index (κ2) is 7.34. The predicted octanol–water partition coefficient (Wildman–Crippen LogP) is 2.68. The summed E-state index contributed by atoms with van der Waals surface area (Å²) in [5.74, 6) is 0.446. The van der Waals surface area contributed by atoms with Crippen molar-refractivity contribution in [2.24, 2.45) is 0 Å². The van der Waals surface area contributed by atoms with E-state index in [1.165, 1.54) is 0 Å². The Morgan fingerprint density at radius 1 is 1.29 bits per heavy atom. The molecule has 0 bridgehead atoms. The molecule has 0 radical (unpaired) electrons. The van der Waals surface area contributed by atoms with Crippen molar-refractivity contribution in [1.82, 2.24) is 15.2 Å². The van der Waals surface area contributed by atoms with Crippen molar-refractivity contribution in [2.45, 2.75) is 25.9 Å². The number of pyridine rings is 1. The van der Waals surface area contributed by atoms with Crippen LogP contribution in [0.1, 0.15) is 28.2 Å². The van der Waals surface area contributed by atoms with Gasteiger partial charge < -0.3 is 19.4 Å². The third-order valence-electron chi connectivity index (χ3n) is 4.87. The Kier molecular flexibility index (Phi) is 4.73. The fourth-order valence-corrected chi connectivity index (χ4v) is 3.35. The van der Waals surface area contributed by atoms with Crippen molar-refractivity contribution in [3.63, 3.8) is 0 Å². The number of aryl methyl sites for hydroxylation is 1. The van der Waals surface area contributed by atoms with Crippen LogP contribution in [0.5, 0.6) is 5.75 Å². The number of ether oxygens (including phenoxy) is 1. The van der Waals surface area contributed by atoms with Crippen molar-refractivity contribution < 1.29 is 18.7 Å². The Hall–Kier alpha value is -3.35. The van der Waals surface area contributed by atoms with Gasteiger partial charge in [0.25, 0.3) is 5.91 Å². The van der Waals surface area contributed by atoms with Crippen molar-refractivity contribution in [3.05, 3.63) is 59.5 Å². The molecule has 4 rings (SSSR count). The molecule has 1 aliphatic heterocycles. The smallest absolute Gasteiger partial charge is 0.287 e. The van der Waals surface area contributed by atoms with Gasteiger partial charge in [-0.2, -0.15) is 0 Å². The molecule has 28 heavy (non-hydrogen) atoms. The quantitative estimate of drug-likeness (QED) is 0.737.